The minimum atomic E-state index is -0.00313. The van der Waals surface area contributed by atoms with E-state index >= 15 is 0 Å². The Bertz CT molecular complexity index is 737. The van der Waals surface area contributed by atoms with Crippen molar-refractivity contribution in [2.75, 3.05) is 44.7 Å². The number of rotatable bonds is 6. The summed E-state index contributed by atoms with van der Waals surface area (Å²) in [5.41, 5.74) is 2.22. The summed E-state index contributed by atoms with van der Waals surface area (Å²) in [6, 6.07) is 20.3. The molecule has 0 aromatic heterocycles. The summed E-state index contributed by atoms with van der Waals surface area (Å²) >= 11 is 0. The van der Waals surface area contributed by atoms with Crippen LogP contribution in [0.3, 0.4) is 0 Å². The predicted octanol–water partition coefficient (Wildman–Crippen LogP) is 0.535. The third-order valence-electron chi connectivity index (χ3n) is 5.57. The number of anilines is 1. The number of amides is 1. The molecule has 2 N–H and O–H groups in total. The van der Waals surface area contributed by atoms with Crippen LogP contribution in [0.5, 0.6) is 0 Å². The second-order valence-electron chi connectivity index (χ2n) is 7.38. The van der Waals surface area contributed by atoms with Gasteiger partial charge < -0.3 is 14.7 Å². The van der Waals surface area contributed by atoms with Gasteiger partial charge >= 0.3 is 0 Å². The van der Waals surface area contributed by atoms with Crippen LogP contribution in [-0.2, 0) is 4.79 Å². The van der Waals surface area contributed by atoms with Crippen molar-refractivity contribution in [1.82, 2.24) is 0 Å². The molecule has 1 aliphatic rings. The third-order valence-corrected chi connectivity index (χ3v) is 5.57. The van der Waals surface area contributed by atoms with E-state index in [1.54, 1.807) is 9.80 Å². The monoisotopic (exact) mass is 365 g/mol. The molecule has 1 amide bonds. The number of carbonyl (C=O) groups excluding carboxylic acids is 1. The molecule has 2 aromatic rings. The fourth-order valence-electron chi connectivity index (χ4n) is 3.73. The van der Waals surface area contributed by atoms with Crippen LogP contribution in [0.25, 0.3) is 6.08 Å². The van der Waals surface area contributed by atoms with Gasteiger partial charge in [0.2, 0.25) is 0 Å². The number of likely N-dealkylation sites (N-methyl/N-ethyl adjacent to an activating group) is 1. The molecule has 1 atom stereocenters. The Morgan fingerprint density at radius 1 is 1.00 bits per heavy atom. The highest BCUT2D eigenvalue weighted by atomic mass is 16.2. The predicted molar refractivity (Wildman–Crippen MR) is 111 cm³/mol. The number of benzene rings is 2. The smallest absolute Gasteiger partial charge is 0.284 e. The molecule has 0 radical (unpaired) electrons. The highest BCUT2D eigenvalue weighted by Gasteiger charge is 2.32. The van der Waals surface area contributed by atoms with E-state index in [1.807, 2.05) is 43.4 Å². The van der Waals surface area contributed by atoms with E-state index in [9.17, 15) is 4.79 Å². The molecule has 27 heavy (non-hydrogen) atoms. The molecule has 4 nitrogen and oxygen atoms in total. The Kier molecular flexibility index (Phi) is 6.80. The van der Waals surface area contributed by atoms with Crippen LogP contribution < -0.4 is 14.7 Å². The van der Waals surface area contributed by atoms with Crippen LogP contribution in [0.1, 0.15) is 12.5 Å². The Morgan fingerprint density at radius 3 is 2.22 bits per heavy atom. The van der Waals surface area contributed by atoms with Crippen LogP contribution in [0.15, 0.2) is 66.7 Å². The van der Waals surface area contributed by atoms with Gasteiger partial charge in [-0.3, -0.25) is 4.79 Å². The molecule has 2 aromatic carbocycles. The van der Waals surface area contributed by atoms with Crippen molar-refractivity contribution >= 4 is 17.7 Å². The zero-order valence-electron chi connectivity index (χ0n) is 16.4. The molecule has 1 saturated heterocycles. The average Bonchev–Trinajstić information content (AvgIpc) is 2.74. The maximum Gasteiger partial charge on any atom is 0.284 e. The van der Waals surface area contributed by atoms with Gasteiger partial charge in [0.1, 0.15) is 26.2 Å². The molecule has 3 rings (SSSR count). The van der Waals surface area contributed by atoms with Crippen molar-refractivity contribution in [3.63, 3.8) is 0 Å². The van der Waals surface area contributed by atoms with Gasteiger partial charge in [-0.2, -0.15) is 0 Å². The van der Waals surface area contributed by atoms with Gasteiger partial charge in [0.15, 0.2) is 6.04 Å². The summed E-state index contributed by atoms with van der Waals surface area (Å²) < 4.78 is 0. The van der Waals surface area contributed by atoms with E-state index in [0.717, 1.165) is 38.4 Å². The van der Waals surface area contributed by atoms with E-state index < -0.39 is 0 Å². The van der Waals surface area contributed by atoms with Crippen molar-refractivity contribution in [3.8, 4) is 0 Å². The first-order chi connectivity index (χ1) is 13.1. The average molecular weight is 366 g/mol. The van der Waals surface area contributed by atoms with E-state index in [-0.39, 0.29) is 11.9 Å². The van der Waals surface area contributed by atoms with Crippen LogP contribution in [0, 0.1) is 0 Å². The Morgan fingerprint density at radius 2 is 1.59 bits per heavy atom. The number of nitrogens with one attached hydrogen (secondary N) is 2. The van der Waals surface area contributed by atoms with Crippen molar-refractivity contribution in [3.05, 3.63) is 72.3 Å². The van der Waals surface area contributed by atoms with Crippen molar-refractivity contribution < 1.29 is 14.6 Å². The lowest BCUT2D eigenvalue weighted by molar-refractivity contribution is -1.02. The summed E-state index contributed by atoms with van der Waals surface area (Å²) in [4.78, 5) is 17.6. The summed E-state index contributed by atoms with van der Waals surface area (Å²) in [5.74, 6) is 0.198. The molecule has 0 unspecified atom stereocenters. The topological polar surface area (TPSA) is 29.2 Å². The summed E-state index contributed by atoms with van der Waals surface area (Å²) in [6.07, 6.45) is 4.47. The molecule has 0 aliphatic carbocycles. The van der Waals surface area contributed by atoms with Crippen LogP contribution in [-0.4, -0.2) is 51.7 Å². The molecule has 0 saturated carbocycles. The number of hydrogen-bond acceptors (Lipinski definition) is 1. The Balaban J connectivity index is 1.47. The lowest BCUT2D eigenvalue weighted by Gasteiger charge is -2.33. The van der Waals surface area contributed by atoms with Crippen molar-refractivity contribution in [1.29, 1.82) is 0 Å². The summed E-state index contributed by atoms with van der Waals surface area (Å²) in [5, 5.41) is 0. The number of hydrogen-bond donors (Lipinski definition) is 2. The van der Waals surface area contributed by atoms with E-state index in [2.05, 4.69) is 43.3 Å². The van der Waals surface area contributed by atoms with Gasteiger partial charge in [0, 0.05) is 12.7 Å². The normalized spacial score (nSPS) is 21.1. The van der Waals surface area contributed by atoms with Gasteiger partial charge in [-0.05, 0) is 30.7 Å². The second kappa shape index (κ2) is 9.49. The van der Waals surface area contributed by atoms with E-state index in [0.29, 0.717) is 0 Å². The standard InChI is InChI=1S/C23H29N3O/c1-20(23(27)24(2)22-13-7-4-8-14-22)26-18-16-25(17-19-26)15-9-12-21-10-5-3-6-11-21/h3-14,20H,15-19H2,1-2H3/p+2/b12-9+/t20-/m1/s1. The van der Waals surface area contributed by atoms with Crippen LogP contribution in [0.4, 0.5) is 5.69 Å². The zero-order valence-corrected chi connectivity index (χ0v) is 16.4. The van der Waals surface area contributed by atoms with E-state index in [4.69, 9.17) is 0 Å². The first-order valence-corrected chi connectivity index (χ1v) is 9.87. The molecule has 1 fully saturated rings. The lowest BCUT2D eigenvalue weighted by atomic mass is 10.2. The number of para-hydroxylation sites is 1. The van der Waals surface area contributed by atoms with Crippen LogP contribution >= 0.6 is 0 Å². The van der Waals surface area contributed by atoms with Crippen molar-refractivity contribution in [2.45, 2.75) is 13.0 Å². The van der Waals surface area contributed by atoms with Gasteiger partial charge in [-0.1, -0.05) is 54.6 Å². The molecule has 142 valence electrons. The maximum absolute atomic E-state index is 12.8. The zero-order chi connectivity index (χ0) is 19.1. The largest absolute Gasteiger partial charge is 0.322 e. The molecule has 4 heteroatoms. The number of quaternary nitrogens is 2. The maximum atomic E-state index is 12.8. The molecular formula is C23H31N3O+2. The van der Waals surface area contributed by atoms with Gasteiger partial charge in [-0.15, -0.1) is 0 Å². The molecule has 1 heterocycles. The van der Waals surface area contributed by atoms with Gasteiger partial charge in [0.05, 0.1) is 6.54 Å². The minimum Gasteiger partial charge on any atom is -0.322 e. The molecule has 1 aliphatic heterocycles. The first-order valence-electron chi connectivity index (χ1n) is 9.87. The fraction of sp³-hybridized carbons (Fsp3) is 0.348. The third kappa shape index (κ3) is 5.28. The van der Waals surface area contributed by atoms with Gasteiger partial charge in [-0.25, -0.2) is 0 Å². The Labute approximate surface area is 162 Å². The highest BCUT2D eigenvalue weighted by Crippen LogP contribution is 2.11. The number of nitrogens with zero attached hydrogens (tertiary/aromatic N) is 1. The number of carbonyl (C=O) groups is 1. The van der Waals surface area contributed by atoms with Crippen molar-refractivity contribution in [2.24, 2.45) is 0 Å². The second-order valence-corrected chi connectivity index (χ2v) is 7.38. The van der Waals surface area contributed by atoms with E-state index in [1.165, 1.54) is 10.5 Å². The van der Waals surface area contributed by atoms with Crippen LogP contribution in [0.2, 0.25) is 0 Å². The fourth-order valence-corrected chi connectivity index (χ4v) is 3.73. The van der Waals surface area contributed by atoms with Gasteiger partial charge in [0.25, 0.3) is 5.91 Å². The quantitative estimate of drug-likeness (QED) is 0.769. The number of piperazine rings is 1. The minimum absolute atomic E-state index is 0.00313. The molecular weight excluding hydrogens is 334 g/mol. The lowest BCUT2D eigenvalue weighted by Crippen LogP contribution is -3.30. The highest BCUT2D eigenvalue weighted by molar-refractivity contribution is 5.95. The molecule has 0 bridgehead atoms. The molecule has 0 spiro atoms. The SMILES string of the molecule is C[C@H](C(=O)N(C)c1ccccc1)[NH+]1CC[NH+](C/C=C/c2ccccc2)CC1. The Hall–Kier alpha value is -2.43. The summed E-state index contributed by atoms with van der Waals surface area (Å²) in [7, 11) is 1.88. The summed E-state index contributed by atoms with van der Waals surface area (Å²) in [6.45, 7) is 7.43. The first kappa shape index (κ1) is 19.3.